The number of aromatic amines is 1. The number of fused-ring (bicyclic) bond motifs is 1. The number of benzene rings is 1. The van der Waals surface area contributed by atoms with Gasteiger partial charge in [0.2, 0.25) is 5.95 Å². The molecular formula is C22H20F2N4O. The monoisotopic (exact) mass is 394 g/mol. The molecule has 0 saturated heterocycles. The fourth-order valence-corrected chi connectivity index (χ4v) is 3.24. The second kappa shape index (κ2) is 7.87. The number of nitrogens with one attached hydrogen (secondary N) is 2. The molecule has 0 saturated carbocycles. The van der Waals surface area contributed by atoms with Crippen LogP contribution in [0, 0.1) is 18.7 Å². The molecule has 3 aromatic heterocycles. The largest absolute Gasteiger partial charge is 0.497 e. The van der Waals surface area contributed by atoms with E-state index in [1.165, 1.54) is 19.2 Å². The highest BCUT2D eigenvalue weighted by Gasteiger charge is 2.11. The van der Waals surface area contributed by atoms with Crippen molar-refractivity contribution in [2.24, 2.45) is 0 Å². The van der Waals surface area contributed by atoms with E-state index < -0.39 is 5.95 Å². The maximum Gasteiger partial charge on any atom is 0.218 e. The van der Waals surface area contributed by atoms with E-state index in [1.54, 1.807) is 24.4 Å². The number of nitrogens with zero attached hydrogens (tertiary/aromatic N) is 2. The maximum absolute atomic E-state index is 14.6. The Hall–Kier alpha value is -3.48. The third-order valence-corrected chi connectivity index (χ3v) is 4.70. The van der Waals surface area contributed by atoms with Crippen molar-refractivity contribution >= 4 is 16.9 Å². The highest BCUT2D eigenvalue weighted by molar-refractivity contribution is 5.80. The number of hydrogen-bond acceptors (Lipinski definition) is 4. The van der Waals surface area contributed by atoms with Gasteiger partial charge in [0.05, 0.1) is 7.11 Å². The van der Waals surface area contributed by atoms with Crippen molar-refractivity contribution in [3.63, 3.8) is 0 Å². The highest BCUT2D eigenvalue weighted by Crippen LogP contribution is 2.23. The molecule has 4 aromatic rings. The molecule has 0 aliphatic rings. The van der Waals surface area contributed by atoms with Gasteiger partial charge in [-0.05, 0) is 47.9 Å². The number of H-pyrrole nitrogens is 1. The average Bonchev–Trinajstić information content (AvgIpc) is 3.09. The second-order valence-electron chi connectivity index (χ2n) is 6.90. The number of ether oxygens (including phenoxy) is 1. The molecule has 4 rings (SSSR count). The van der Waals surface area contributed by atoms with Crippen LogP contribution in [0.2, 0.25) is 0 Å². The van der Waals surface area contributed by atoms with Gasteiger partial charge in [0, 0.05) is 42.4 Å². The van der Waals surface area contributed by atoms with Crippen LogP contribution in [0.15, 0.2) is 48.8 Å². The fraction of sp³-hybridized carbons (Fsp3) is 0.182. The Kier molecular flexibility index (Phi) is 5.12. The van der Waals surface area contributed by atoms with Crippen molar-refractivity contribution in [3.8, 4) is 5.75 Å². The van der Waals surface area contributed by atoms with E-state index in [0.717, 1.165) is 22.2 Å². The molecular weight excluding hydrogens is 374 g/mol. The van der Waals surface area contributed by atoms with Crippen LogP contribution in [-0.4, -0.2) is 22.1 Å². The topological polar surface area (TPSA) is 62.8 Å². The zero-order chi connectivity index (χ0) is 20.4. The predicted octanol–water partition coefficient (Wildman–Crippen LogP) is 4.76. The van der Waals surface area contributed by atoms with Crippen LogP contribution in [0.1, 0.15) is 22.3 Å². The average molecular weight is 394 g/mol. The first kappa shape index (κ1) is 18.9. The quantitative estimate of drug-likeness (QED) is 0.463. The summed E-state index contributed by atoms with van der Waals surface area (Å²) in [4.78, 5) is 11.5. The van der Waals surface area contributed by atoms with Crippen molar-refractivity contribution in [1.29, 1.82) is 0 Å². The number of hydrogen-bond donors (Lipinski definition) is 2. The van der Waals surface area contributed by atoms with E-state index in [-0.39, 0.29) is 5.82 Å². The summed E-state index contributed by atoms with van der Waals surface area (Å²) in [6.45, 7) is 2.27. The van der Waals surface area contributed by atoms with E-state index in [4.69, 9.17) is 4.74 Å². The van der Waals surface area contributed by atoms with Gasteiger partial charge in [0.25, 0.3) is 0 Å². The van der Waals surface area contributed by atoms with Gasteiger partial charge in [-0.2, -0.15) is 4.39 Å². The molecule has 0 amide bonds. The Labute approximate surface area is 166 Å². The van der Waals surface area contributed by atoms with Gasteiger partial charge >= 0.3 is 0 Å². The van der Waals surface area contributed by atoms with E-state index in [1.807, 2.05) is 19.2 Å². The van der Waals surface area contributed by atoms with Gasteiger partial charge < -0.3 is 15.0 Å². The SMILES string of the molecule is COc1cc(F)cc(CNc2ccc(Cc3c[nH]c4ncc(C)cc34)c(F)n2)c1. The summed E-state index contributed by atoms with van der Waals surface area (Å²) in [5, 5.41) is 3.99. The lowest BCUT2D eigenvalue weighted by Crippen LogP contribution is -2.05. The molecule has 3 heterocycles. The number of anilines is 1. The van der Waals surface area contributed by atoms with Crippen molar-refractivity contribution in [2.75, 3.05) is 12.4 Å². The zero-order valence-corrected chi connectivity index (χ0v) is 16.1. The van der Waals surface area contributed by atoms with Crippen molar-refractivity contribution in [2.45, 2.75) is 19.9 Å². The maximum atomic E-state index is 14.6. The third-order valence-electron chi connectivity index (χ3n) is 4.70. The number of aryl methyl sites for hydroxylation is 1. The van der Waals surface area contributed by atoms with Gasteiger partial charge in [-0.1, -0.05) is 6.07 Å². The molecule has 0 aliphatic heterocycles. The molecule has 148 valence electrons. The third kappa shape index (κ3) is 4.18. The molecule has 0 bridgehead atoms. The first-order valence-electron chi connectivity index (χ1n) is 9.17. The molecule has 5 nitrogen and oxygen atoms in total. The lowest BCUT2D eigenvalue weighted by Gasteiger charge is -2.09. The summed E-state index contributed by atoms with van der Waals surface area (Å²) in [6.07, 6.45) is 4.05. The summed E-state index contributed by atoms with van der Waals surface area (Å²) in [7, 11) is 1.48. The minimum absolute atomic E-state index is 0.299. The lowest BCUT2D eigenvalue weighted by molar-refractivity contribution is 0.410. The van der Waals surface area contributed by atoms with Gasteiger partial charge in [-0.15, -0.1) is 0 Å². The van der Waals surface area contributed by atoms with Crippen LogP contribution in [0.25, 0.3) is 11.0 Å². The first-order chi connectivity index (χ1) is 14.0. The molecule has 1 aromatic carbocycles. The van der Waals surface area contributed by atoms with Crippen LogP contribution in [0.3, 0.4) is 0 Å². The second-order valence-corrected chi connectivity index (χ2v) is 6.90. The summed E-state index contributed by atoms with van der Waals surface area (Å²) in [5.41, 5.74) is 3.96. The molecule has 0 spiro atoms. The molecule has 2 N–H and O–H groups in total. The standard InChI is InChI=1S/C22H20F2N4O/c1-13-5-19-16(12-27-22(19)26-10-13)8-15-3-4-20(28-21(15)24)25-11-14-6-17(23)9-18(7-14)29-2/h3-7,9-10,12H,8,11H2,1-2H3,(H,25,28)(H,26,27). The van der Waals surface area contributed by atoms with E-state index in [0.29, 0.717) is 35.7 Å². The van der Waals surface area contributed by atoms with Gasteiger partial charge in [0.1, 0.15) is 23.0 Å². The van der Waals surface area contributed by atoms with Crippen LogP contribution < -0.4 is 10.1 Å². The van der Waals surface area contributed by atoms with Gasteiger partial charge in [-0.25, -0.2) is 14.4 Å². The number of halogens is 2. The Morgan fingerprint density at radius 2 is 1.97 bits per heavy atom. The number of aromatic nitrogens is 3. The van der Waals surface area contributed by atoms with Crippen LogP contribution in [-0.2, 0) is 13.0 Å². The van der Waals surface area contributed by atoms with Gasteiger partial charge in [-0.3, -0.25) is 0 Å². The summed E-state index contributed by atoms with van der Waals surface area (Å²) in [6, 6.07) is 9.87. The lowest BCUT2D eigenvalue weighted by atomic mass is 10.1. The van der Waals surface area contributed by atoms with E-state index >= 15 is 0 Å². The number of pyridine rings is 2. The highest BCUT2D eigenvalue weighted by atomic mass is 19.1. The Bertz CT molecular complexity index is 1170. The summed E-state index contributed by atoms with van der Waals surface area (Å²) in [5.74, 6) is -0.119. The van der Waals surface area contributed by atoms with Crippen LogP contribution >= 0.6 is 0 Å². The molecule has 0 unspecified atom stereocenters. The summed E-state index contributed by atoms with van der Waals surface area (Å²) >= 11 is 0. The fourth-order valence-electron chi connectivity index (χ4n) is 3.24. The van der Waals surface area contributed by atoms with E-state index in [2.05, 4.69) is 20.3 Å². The predicted molar refractivity (Wildman–Crippen MR) is 108 cm³/mol. The Morgan fingerprint density at radius 1 is 1.10 bits per heavy atom. The molecule has 0 radical (unpaired) electrons. The minimum Gasteiger partial charge on any atom is -0.497 e. The molecule has 0 atom stereocenters. The number of rotatable bonds is 6. The smallest absolute Gasteiger partial charge is 0.218 e. The van der Waals surface area contributed by atoms with Crippen LogP contribution in [0.5, 0.6) is 5.75 Å². The summed E-state index contributed by atoms with van der Waals surface area (Å²) < 4.78 is 33.2. The Morgan fingerprint density at radius 3 is 2.76 bits per heavy atom. The molecule has 7 heteroatoms. The zero-order valence-electron chi connectivity index (χ0n) is 16.1. The molecule has 29 heavy (non-hydrogen) atoms. The van der Waals surface area contributed by atoms with Crippen LogP contribution in [0.4, 0.5) is 14.6 Å². The first-order valence-corrected chi connectivity index (χ1v) is 9.17. The molecule has 0 fully saturated rings. The normalized spacial score (nSPS) is 11.0. The van der Waals surface area contributed by atoms with Crippen molar-refractivity contribution in [1.82, 2.24) is 15.0 Å². The number of methoxy groups -OCH3 is 1. The molecule has 0 aliphatic carbocycles. The Balaban J connectivity index is 1.49. The van der Waals surface area contributed by atoms with Gasteiger partial charge in [0.15, 0.2) is 0 Å². The van der Waals surface area contributed by atoms with Crippen molar-refractivity contribution in [3.05, 3.63) is 82.8 Å². The van der Waals surface area contributed by atoms with Crippen molar-refractivity contribution < 1.29 is 13.5 Å². The van der Waals surface area contributed by atoms with E-state index in [9.17, 15) is 8.78 Å². The minimum atomic E-state index is -0.540.